The zero-order valence-electron chi connectivity index (χ0n) is 14.2. The van der Waals surface area contributed by atoms with Crippen molar-refractivity contribution in [3.63, 3.8) is 0 Å². The van der Waals surface area contributed by atoms with E-state index in [9.17, 15) is 4.79 Å². The highest BCUT2D eigenvalue weighted by Crippen LogP contribution is 2.25. The molecule has 0 saturated carbocycles. The van der Waals surface area contributed by atoms with Gasteiger partial charge in [-0.15, -0.1) is 0 Å². The molecule has 0 bridgehead atoms. The standard InChI is InChI=1S/C21H22N2O/c1-16(2)22-14-13-21(24)23-15-19-9-4-3-7-17(19)11-12-18-8-5-6-10-20(18)23/h3-10,16,22H,13-15H2,1-2H3. The fourth-order valence-corrected chi connectivity index (χ4v) is 2.81. The van der Waals surface area contributed by atoms with Crippen LogP contribution in [0.3, 0.4) is 0 Å². The van der Waals surface area contributed by atoms with Crippen molar-refractivity contribution in [1.82, 2.24) is 5.32 Å². The summed E-state index contributed by atoms with van der Waals surface area (Å²) in [6.07, 6.45) is 0.474. The van der Waals surface area contributed by atoms with Gasteiger partial charge in [-0.3, -0.25) is 4.79 Å². The van der Waals surface area contributed by atoms with Gasteiger partial charge in [-0.2, -0.15) is 0 Å². The second-order valence-electron chi connectivity index (χ2n) is 6.26. The first kappa shape index (κ1) is 16.3. The normalized spacial score (nSPS) is 12.5. The molecule has 0 aromatic heterocycles. The van der Waals surface area contributed by atoms with E-state index in [4.69, 9.17) is 0 Å². The van der Waals surface area contributed by atoms with E-state index in [2.05, 4.69) is 31.0 Å². The van der Waals surface area contributed by atoms with Gasteiger partial charge in [0.2, 0.25) is 5.91 Å². The number of para-hydroxylation sites is 1. The molecule has 0 atom stereocenters. The number of rotatable bonds is 4. The Labute approximate surface area is 143 Å². The number of hydrogen-bond donors (Lipinski definition) is 1. The molecule has 0 aliphatic carbocycles. The Morgan fingerprint density at radius 3 is 2.54 bits per heavy atom. The third-order valence-electron chi connectivity index (χ3n) is 4.07. The topological polar surface area (TPSA) is 32.3 Å². The molecule has 0 spiro atoms. The second kappa shape index (κ2) is 7.33. The minimum atomic E-state index is 0.120. The summed E-state index contributed by atoms with van der Waals surface area (Å²) in [5, 5.41) is 3.31. The second-order valence-corrected chi connectivity index (χ2v) is 6.26. The Morgan fingerprint density at radius 2 is 1.75 bits per heavy atom. The summed E-state index contributed by atoms with van der Waals surface area (Å²) in [5.41, 5.74) is 3.88. The van der Waals surface area contributed by atoms with Gasteiger partial charge < -0.3 is 10.2 Å². The van der Waals surface area contributed by atoms with Crippen LogP contribution in [0.15, 0.2) is 48.5 Å². The zero-order valence-corrected chi connectivity index (χ0v) is 14.2. The highest BCUT2D eigenvalue weighted by molar-refractivity contribution is 5.95. The van der Waals surface area contributed by atoms with Crippen LogP contribution in [-0.2, 0) is 11.3 Å². The molecule has 3 nitrogen and oxygen atoms in total. The summed E-state index contributed by atoms with van der Waals surface area (Å²) in [4.78, 5) is 14.7. The van der Waals surface area contributed by atoms with Gasteiger partial charge in [0.1, 0.15) is 0 Å². The third-order valence-corrected chi connectivity index (χ3v) is 4.07. The lowest BCUT2D eigenvalue weighted by Gasteiger charge is -2.26. The van der Waals surface area contributed by atoms with Crippen molar-refractivity contribution >= 4 is 11.6 Å². The molecule has 2 aromatic rings. The summed E-state index contributed by atoms with van der Waals surface area (Å²) >= 11 is 0. The summed E-state index contributed by atoms with van der Waals surface area (Å²) in [6.45, 7) is 5.41. The quantitative estimate of drug-likeness (QED) is 0.877. The molecule has 1 amide bonds. The fourth-order valence-electron chi connectivity index (χ4n) is 2.81. The minimum Gasteiger partial charge on any atom is -0.314 e. The van der Waals surface area contributed by atoms with Gasteiger partial charge in [0.25, 0.3) is 0 Å². The summed E-state index contributed by atoms with van der Waals surface area (Å²) in [7, 11) is 0. The SMILES string of the molecule is CC(C)NCCC(=O)N1Cc2ccccc2C#Cc2ccccc21. The largest absolute Gasteiger partial charge is 0.314 e. The number of fused-ring (bicyclic) bond motifs is 2. The van der Waals surface area contributed by atoms with E-state index in [1.54, 1.807) is 0 Å². The first-order valence-corrected chi connectivity index (χ1v) is 8.38. The maximum absolute atomic E-state index is 12.9. The molecule has 1 aliphatic heterocycles. The van der Waals surface area contributed by atoms with Gasteiger partial charge in [0.05, 0.1) is 12.2 Å². The number of carbonyl (C=O) groups excluding carboxylic acids is 1. The lowest BCUT2D eigenvalue weighted by Crippen LogP contribution is -2.35. The van der Waals surface area contributed by atoms with E-state index in [-0.39, 0.29) is 5.91 Å². The number of carbonyl (C=O) groups is 1. The number of nitrogens with one attached hydrogen (secondary N) is 1. The van der Waals surface area contributed by atoms with Crippen LogP contribution in [0.5, 0.6) is 0 Å². The smallest absolute Gasteiger partial charge is 0.228 e. The maximum Gasteiger partial charge on any atom is 0.228 e. The Morgan fingerprint density at radius 1 is 1.08 bits per heavy atom. The molecule has 0 unspecified atom stereocenters. The zero-order chi connectivity index (χ0) is 16.9. The molecular formula is C21H22N2O. The van der Waals surface area contributed by atoms with Gasteiger partial charge >= 0.3 is 0 Å². The lowest BCUT2D eigenvalue weighted by atomic mass is 10.0. The molecule has 122 valence electrons. The molecule has 0 radical (unpaired) electrons. The van der Waals surface area contributed by atoms with Crippen LogP contribution in [0.1, 0.15) is 37.0 Å². The summed E-state index contributed by atoms with van der Waals surface area (Å²) < 4.78 is 0. The van der Waals surface area contributed by atoms with E-state index in [0.717, 1.165) is 22.4 Å². The van der Waals surface area contributed by atoms with E-state index in [1.165, 1.54) is 0 Å². The Bertz CT molecular complexity index is 799. The van der Waals surface area contributed by atoms with Gasteiger partial charge in [-0.05, 0) is 23.8 Å². The van der Waals surface area contributed by atoms with Crippen molar-refractivity contribution in [2.75, 3.05) is 11.4 Å². The predicted molar refractivity (Wildman–Crippen MR) is 97.8 cm³/mol. The van der Waals surface area contributed by atoms with Crippen molar-refractivity contribution in [3.05, 3.63) is 65.2 Å². The average molecular weight is 318 g/mol. The van der Waals surface area contributed by atoms with Crippen molar-refractivity contribution in [2.45, 2.75) is 32.9 Å². The monoisotopic (exact) mass is 318 g/mol. The van der Waals surface area contributed by atoms with Crippen LogP contribution in [0.25, 0.3) is 0 Å². The molecule has 1 heterocycles. The van der Waals surface area contributed by atoms with Crippen LogP contribution in [0.2, 0.25) is 0 Å². The molecule has 24 heavy (non-hydrogen) atoms. The van der Waals surface area contributed by atoms with Crippen molar-refractivity contribution in [3.8, 4) is 11.8 Å². The van der Waals surface area contributed by atoms with Crippen molar-refractivity contribution in [2.24, 2.45) is 0 Å². The van der Waals surface area contributed by atoms with Crippen LogP contribution in [0, 0.1) is 11.8 Å². The first-order valence-electron chi connectivity index (χ1n) is 8.38. The van der Waals surface area contributed by atoms with Crippen LogP contribution in [-0.4, -0.2) is 18.5 Å². The van der Waals surface area contributed by atoms with E-state index < -0.39 is 0 Å². The maximum atomic E-state index is 12.9. The molecule has 3 heteroatoms. The summed E-state index contributed by atoms with van der Waals surface area (Å²) in [5.74, 6) is 6.58. The lowest BCUT2D eigenvalue weighted by molar-refractivity contribution is -0.118. The van der Waals surface area contributed by atoms with Crippen molar-refractivity contribution in [1.29, 1.82) is 0 Å². The Balaban J connectivity index is 1.94. The molecule has 0 fully saturated rings. The number of nitrogens with zero attached hydrogens (tertiary/aromatic N) is 1. The van der Waals surface area contributed by atoms with Crippen molar-refractivity contribution < 1.29 is 4.79 Å². The van der Waals surface area contributed by atoms with Gasteiger partial charge in [-0.1, -0.05) is 56.0 Å². The number of amides is 1. The fraction of sp³-hybridized carbons (Fsp3) is 0.286. The first-order chi connectivity index (χ1) is 11.6. The Kier molecular flexibility index (Phi) is 4.98. The molecule has 0 saturated heterocycles. The third kappa shape index (κ3) is 3.67. The molecule has 1 aliphatic rings. The number of hydrogen-bond acceptors (Lipinski definition) is 2. The highest BCUT2D eigenvalue weighted by Gasteiger charge is 2.20. The molecule has 2 aromatic carbocycles. The number of anilines is 1. The number of benzene rings is 2. The van der Waals surface area contributed by atoms with E-state index >= 15 is 0 Å². The minimum absolute atomic E-state index is 0.120. The van der Waals surface area contributed by atoms with Crippen LogP contribution >= 0.6 is 0 Å². The van der Waals surface area contributed by atoms with E-state index in [0.29, 0.717) is 25.6 Å². The van der Waals surface area contributed by atoms with Gasteiger partial charge in [-0.25, -0.2) is 0 Å². The Hall–Kier alpha value is -2.57. The van der Waals surface area contributed by atoms with Gasteiger partial charge in [0.15, 0.2) is 0 Å². The van der Waals surface area contributed by atoms with Gasteiger partial charge in [0, 0.05) is 30.1 Å². The average Bonchev–Trinajstić information content (AvgIpc) is 2.56. The molecule has 1 N–H and O–H groups in total. The van der Waals surface area contributed by atoms with Crippen LogP contribution < -0.4 is 10.2 Å². The predicted octanol–water partition coefficient (Wildman–Crippen LogP) is 3.32. The molecular weight excluding hydrogens is 296 g/mol. The van der Waals surface area contributed by atoms with Crippen LogP contribution in [0.4, 0.5) is 5.69 Å². The van der Waals surface area contributed by atoms with E-state index in [1.807, 2.05) is 53.4 Å². The summed E-state index contributed by atoms with van der Waals surface area (Å²) in [6, 6.07) is 16.3. The highest BCUT2D eigenvalue weighted by atomic mass is 16.2. The molecule has 3 rings (SSSR count).